The summed E-state index contributed by atoms with van der Waals surface area (Å²) in [6.45, 7) is 7.66. The van der Waals surface area contributed by atoms with Crippen molar-refractivity contribution in [3.8, 4) is 17.1 Å². The fourth-order valence-corrected chi connectivity index (χ4v) is 5.04. The van der Waals surface area contributed by atoms with Crippen molar-refractivity contribution in [2.24, 2.45) is 0 Å². The van der Waals surface area contributed by atoms with E-state index in [4.69, 9.17) is 4.74 Å². The smallest absolute Gasteiger partial charge is 0.236 e. The van der Waals surface area contributed by atoms with E-state index in [1.165, 1.54) is 23.1 Å². The summed E-state index contributed by atoms with van der Waals surface area (Å²) in [5, 5.41) is 24.4. The molecule has 2 aromatic heterocycles. The van der Waals surface area contributed by atoms with Gasteiger partial charge in [-0.25, -0.2) is 4.98 Å². The van der Waals surface area contributed by atoms with Gasteiger partial charge in [0.15, 0.2) is 16.1 Å². The Morgan fingerprint density at radius 1 is 1.31 bits per heavy atom. The van der Waals surface area contributed by atoms with Crippen molar-refractivity contribution in [3.63, 3.8) is 0 Å². The number of ether oxygens (including phenoxy) is 1. The van der Waals surface area contributed by atoms with Crippen molar-refractivity contribution >= 4 is 34.1 Å². The number of phenols is 1. The number of aromatic hydroxyl groups is 1. The molecule has 1 amide bonds. The predicted octanol–water partition coefficient (Wildman–Crippen LogP) is 4.31. The molecule has 10 heteroatoms. The van der Waals surface area contributed by atoms with Crippen molar-refractivity contribution in [1.29, 1.82) is 0 Å². The van der Waals surface area contributed by atoms with Gasteiger partial charge in [0.2, 0.25) is 5.91 Å². The predicted molar refractivity (Wildman–Crippen MR) is 126 cm³/mol. The lowest BCUT2D eigenvalue weighted by atomic mass is 9.93. The minimum Gasteiger partial charge on any atom is -0.508 e. The molecule has 2 N–H and O–H groups in total. The Labute approximate surface area is 195 Å². The highest BCUT2D eigenvalue weighted by Crippen LogP contribution is 2.29. The summed E-state index contributed by atoms with van der Waals surface area (Å²) in [5.41, 5.74) is 1.75. The molecule has 32 heavy (non-hydrogen) atoms. The number of phenolic OH excluding ortho intramolecular Hbond substituents is 1. The van der Waals surface area contributed by atoms with Gasteiger partial charge < -0.3 is 15.2 Å². The average Bonchev–Trinajstić information content (AvgIpc) is 3.49. The number of nitrogens with zero attached hydrogens (tertiary/aromatic N) is 4. The van der Waals surface area contributed by atoms with Crippen LogP contribution in [-0.2, 0) is 21.5 Å². The lowest BCUT2D eigenvalue weighted by Crippen LogP contribution is -2.18. The Bertz CT molecular complexity index is 1070. The van der Waals surface area contributed by atoms with Crippen LogP contribution in [0.1, 0.15) is 39.3 Å². The second-order valence-electron chi connectivity index (χ2n) is 8.72. The lowest BCUT2D eigenvalue weighted by Gasteiger charge is -2.15. The highest BCUT2D eigenvalue weighted by molar-refractivity contribution is 7.99. The van der Waals surface area contributed by atoms with Crippen LogP contribution in [-0.4, -0.2) is 49.2 Å². The molecule has 8 nitrogen and oxygen atoms in total. The second-order valence-corrected chi connectivity index (χ2v) is 10.5. The first-order valence-corrected chi connectivity index (χ1v) is 12.4. The molecule has 1 saturated heterocycles. The van der Waals surface area contributed by atoms with Gasteiger partial charge in [-0.15, -0.1) is 21.5 Å². The van der Waals surface area contributed by atoms with Gasteiger partial charge in [0.25, 0.3) is 0 Å². The summed E-state index contributed by atoms with van der Waals surface area (Å²) in [5.74, 6) is 0.951. The number of thioether (sulfide) groups is 1. The number of carbonyl (C=O) groups is 1. The van der Waals surface area contributed by atoms with E-state index in [2.05, 4.69) is 41.3 Å². The number of carbonyl (C=O) groups excluding carboxylic acids is 1. The van der Waals surface area contributed by atoms with E-state index in [0.29, 0.717) is 22.7 Å². The topological polar surface area (TPSA) is 102 Å². The Kier molecular flexibility index (Phi) is 6.82. The number of rotatable bonds is 7. The molecule has 1 atom stereocenters. The first-order valence-electron chi connectivity index (χ1n) is 10.5. The monoisotopic (exact) mass is 473 g/mol. The molecule has 1 unspecified atom stereocenters. The first-order chi connectivity index (χ1) is 15.3. The van der Waals surface area contributed by atoms with Gasteiger partial charge in [-0.05, 0) is 37.1 Å². The van der Waals surface area contributed by atoms with Crippen LogP contribution in [0.3, 0.4) is 0 Å². The second kappa shape index (κ2) is 9.60. The van der Waals surface area contributed by atoms with Crippen LogP contribution in [0.25, 0.3) is 11.4 Å². The van der Waals surface area contributed by atoms with Crippen molar-refractivity contribution in [3.05, 3.63) is 35.3 Å². The van der Waals surface area contributed by atoms with Crippen LogP contribution in [0.2, 0.25) is 0 Å². The third kappa shape index (κ3) is 5.48. The lowest BCUT2D eigenvalue weighted by molar-refractivity contribution is -0.113. The van der Waals surface area contributed by atoms with Crippen LogP contribution in [0.15, 0.2) is 34.8 Å². The number of thiazole rings is 1. The van der Waals surface area contributed by atoms with E-state index in [0.717, 1.165) is 30.7 Å². The van der Waals surface area contributed by atoms with E-state index >= 15 is 0 Å². The molecular weight excluding hydrogens is 446 g/mol. The summed E-state index contributed by atoms with van der Waals surface area (Å²) in [6, 6.07) is 6.87. The van der Waals surface area contributed by atoms with Gasteiger partial charge in [-0.3, -0.25) is 9.36 Å². The number of hydrogen-bond acceptors (Lipinski definition) is 8. The summed E-state index contributed by atoms with van der Waals surface area (Å²) < 4.78 is 7.82. The largest absolute Gasteiger partial charge is 0.508 e. The fourth-order valence-electron chi connectivity index (χ4n) is 3.34. The van der Waals surface area contributed by atoms with Crippen molar-refractivity contribution in [2.45, 2.75) is 56.8 Å². The number of hydrogen-bond donors (Lipinski definition) is 2. The van der Waals surface area contributed by atoms with Crippen LogP contribution in [0, 0.1) is 0 Å². The van der Waals surface area contributed by atoms with Crippen molar-refractivity contribution in [1.82, 2.24) is 19.7 Å². The first kappa shape index (κ1) is 22.8. The average molecular weight is 474 g/mol. The van der Waals surface area contributed by atoms with Gasteiger partial charge in [0.05, 0.1) is 24.1 Å². The maximum atomic E-state index is 12.5. The van der Waals surface area contributed by atoms with Crippen LogP contribution in [0.5, 0.6) is 5.75 Å². The highest BCUT2D eigenvalue weighted by Gasteiger charge is 2.23. The zero-order valence-corrected chi connectivity index (χ0v) is 20.0. The van der Waals surface area contributed by atoms with Crippen molar-refractivity contribution < 1.29 is 14.6 Å². The molecule has 1 aliphatic heterocycles. The van der Waals surface area contributed by atoms with Gasteiger partial charge in [-0.2, -0.15) is 0 Å². The number of anilines is 1. The van der Waals surface area contributed by atoms with Gasteiger partial charge in [0.1, 0.15) is 5.75 Å². The molecule has 1 fully saturated rings. The number of amides is 1. The zero-order valence-electron chi connectivity index (χ0n) is 18.4. The van der Waals surface area contributed by atoms with Gasteiger partial charge in [-0.1, -0.05) is 32.5 Å². The SMILES string of the molecule is CC(C)(C)c1csc(NC(=O)CSc2nnc(-c3ccc(O)cc3)n2CC2CCCO2)n1. The Hall–Kier alpha value is -2.43. The number of benzene rings is 1. The molecule has 0 bridgehead atoms. The summed E-state index contributed by atoms with van der Waals surface area (Å²) >= 11 is 2.77. The maximum Gasteiger partial charge on any atom is 0.236 e. The van der Waals surface area contributed by atoms with E-state index in [9.17, 15) is 9.90 Å². The molecule has 0 saturated carbocycles. The summed E-state index contributed by atoms with van der Waals surface area (Å²) in [7, 11) is 0. The van der Waals surface area contributed by atoms with Gasteiger partial charge >= 0.3 is 0 Å². The van der Waals surface area contributed by atoms with E-state index in [1.807, 2.05) is 22.1 Å². The molecule has 1 aliphatic rings. The van der Waals surface area contributed by atoms with E-state index in [1.54, 1.807) is 12.1 Å². The van der Waals surface area contributed by atoms with Crippen LogP contribution >= 0.6 is 23.1 Å². The summed E-state index contributed by atoms with van der Waals surface area (Å²) in [4.78, 5) is 17.1. The van der Waals surface area contributed by atoms with E-state index < -0.39 is 0 Å². The third-order valence-corrected chi connectivity index (χ3v) is 6.83. The Morgan fingerprint density at radius 3 is 2.75 bits per heavy atom. The van der Waals surface area contributed by atoms with Gasteiger partial charge in [0, 0.05) is 23.0 Å². The van der Waals surface area contributed by atoms with Crippen LogP contribution < -0.4 is 5.32 Å². The number of nitrogens with one attached hydrogen (secondary N) is 1. The molecule has 0 radical (unpaired) electrons. The maximum absolute atomic E-state index is 12.5. The minimum absolute atomic E-state index is 0.0580. The molecule has 3 heterocycles. The Balaban J connectivity index is 1.46. The molecule has 1 aromatic carbocycles. The van der Waals surface area contributed by atoms with E-state index in [-0.39, 0.29) is 28.9 Å². The quantitative estimate of drug-likeness (QED) is 0.493. The minimum atomic E-state index is -0.136. The molecule has 3 aromatic rings. The highest BCUT2D eigenvalue weighted by atomic mass is 32.2. The molecule has 0 aliphatic carbocycles. The Morgan fingerprint density at radius 2 is 2.09 bits per heavy atom. The summed E-state index contributed by atoms with van der Waals surface area (Å²) in [6.07, 6.45) is 2.12. The number of aromatic nitrogens is 4. The third-order valence-electron chi connectivity index (χ3n) is 5.10. The molecular formula is C22H27N5O3S2. The fraction of sp³-hybridized carbons (Fsp3) is 0.455. The molecule has 170 valence electrons. The zero-order chi connectivity index (χ0) is 22.7. The standard InChI is InChI=1S/C22H27N5O3S2/c1-22(2,3)17-12-31-20(23-17)24-18(29)13-32-21-26-25-19(14-6-8-15(28)9-7-14)27(21)11-16-5-4-10-30-16/h6-9,12,16,28H,4-5,10-11,13H2,1-3H3,(H,23,24,29). The molecule has 4 rings (SSSR count). The normalized spacial score (nSPS) is 16.4. The van der Waals surface area contributed by atoms with Crippen LogP contribution in [0.4, 0.5) is 5.13 Å². The molecule has 0 spiro atoms. The van der Waals surface area contributed by atoms with Crippen molar-refractivity contribution in [2.75, 3.05) is 17.7 Å².